The maximum Gasteiger partial charge on any atom is 0.411 e. The Bertz CT molecular complexity index is 1470. The van der Waals surface area contributed by atoms with Gasteiger partial charge in [-0.25, -0.2) is 4.79 Å². The molecule has 1 saturated heterocycles. The monoisotopic (exact) mass is 595 g/mol. The summed E-state index contributed by atoms with van der Waals surface area (Å²) in [5.41, 5.74) is 2.00. The molecule has 6 nitrogen and oxygen atoms in total. The minimum atomic E-state index is -0.804. The number of carbonyl (C=O) groups excluding carboxylic acids is 1. The average Bonchev–Trinajstić information content (AvgIpc) is 3.37. The number of nitrogens with zero attached hydrogens (tertiary/aromatic N) is 1. The number of aliphatic hydroxyl groups is 1. The molecule has 1 aliphatic heterocycles. The normalized spacial score (nSPS) is 16.0. The number of anilines is 1. The third-order valence-corrected chi connectivity index (χ3v) is 8.92. The molecular weight excluding hydrogens is 565 g/mol. The van der Waals surface area contributed by atoms with Crippen molar-refractivity contribution >= 4 is 62.1 Å². The number of hydrogen-bond acceptors (Lipinski definition) is 6. The predicted octanol–water partition coefficient (Wildman–Crippen LogP) is 7.93. The zero-order valence-corrected chi connectivity index (χ0v) is 24.2. The summed E-state index contributed by atoms with van der Waals surface area (Å²) in [6.07, 6.45) is 1.36. The van der Waals surface area contributed by atoms with Crippen LogP contribution in [0.1, 0.15) is 36.3 Å². The van der Waals surface area contributed by atoms with Gasteiger partial charge in [-0.2, -0.15) is 0 Å². The predicted molar refractivity (Wildman–Crippen MR) is 164 cm³/mol. The van der Waals surface area contributed by atoms with Crippen molar-refractivity contribution in [2.75, 3.05) is 31.6 Å². The van der Waals surface area contributed by atoms with Crippen molar-refractivity contribution in [2.24, 2.45) is 0 Å². The summed E-state index contributed by atoms with van der Waals surface area (Å²) in [6, 6.07) is 22.8. The van der Waals surface area contributed by atoms with Crippen LogP contribution in [0.4, 0.5) is 10.5 Å². The molecule has 4 aromatic rings. The van der Waals surface area contributed by atoms with Gasteiger partial charge < -0.3 is 20.2 Å². The summed E-state index contributed by atoms with van der Waals surface area (Å²) in [4.78, 5) is 14.8. The number of hydrogen-bond donors (Lipinski definition) is 3. The second-order valence-electron chi connectivity index (χ2n) is 10.2. The van der Waals surface area contributed by atoms with Crippen molar-refractivity contribution < 1.29 is 14.6 Å². The number of benzene rings is 3. The van der Waals surface area contributed by atoms with Crippen LogP contribution >= 0.6 is 34.5 Å². The molecule has 1 fully saturated rings. The summed E-state index contributed by atoms with van der Waals surface area (Å²) < 4.78 is 6.61. The molecular formula is C31H31Cl2N3O3S. The molecule has 40 heavy (non-hydrogen) atoms. The molecule has 0 bridgehead atoms. The maximum absolute atomic E-state index is 12.5. The van der Waals surface area contributed by atoms with Gasteiger partial charge in [0.1, 0.15) is 6.61 Å². The first kappa shape index (κ1) is 28.6. The molecule has 1 aromatic heterocycles. The lowest BCUT2D eigenvalue weighted by atomic mass is 9.84. The second-order valence-corrected chi connectivity index (χ2v) is 11.9. The smallest absolute Gasteiger partial charge is 0.411 e. The lowest BCUT2D eigenvalue weighted by molar-refractivity contribution is -0.0260. The summed E-state index contributed by atoms with van der Waals surface area (Å²) in [5.74, 6) is -0.209. The molecule has 0 radical (unpaired) electrons. The van der Waals surface area contributed by atoms with Gasteiger partial charge in [0, 0.05) is 39.4 Å². The van der Waals surface area contributed by atoms with E-state index in [0.29, 0.717) is 40.7 Å². The van der Waals surface area contributed by atoms with Crippen LogP contribution in [-0.4, -0.2) is 48.1 Å². The van der Waals surface area contributed by atoms with Crippen LogP contribution < -0.4 is 5.32 Å². The highest BCUT2D eigenvalue weighted by Crippen LogP contribution is 2.36. The first-order chi connectivity index (χ1) is 19.3. The fourth-order valence-electron chi connectivity index (χ4n) is 5.30. The van der Waals surface area contributed by atoms with E-state index in [0.717, 1.165) is 40.8 Å². The molecule has 2 heterocycles. The number of fused-ring (bicyclic) bond motifs is 1. The highest BCUT2D eigenvalue weighted by molar-refractivity contribution is 7.17. The molecule has 1 atom stereocenters. The number of carbonyl (C=O) groups is 1. The lowest BCUT2D eigenvalue weighted by Gasteiger charge is -2.39. The van der Waals surface area contributed by atoms with Gasteiger partial charge in [-0.15, -0.1) is 11.3 Å². The number of halogens is 2. The number of ether oxygens (including phenoxy) is 1. The van der Waals surface area contributed by atoms with Crippen LogP contribution in [0, 0.1) is 5.41 Å². The van der Waals surface area contributed by atoms with Crippen LogP contribution in [-0.2, 0) is 10.3 Å². The van der Waals surface area contributed by atoms with Crippen molar-refractivity contribution in [1.29, 1.82) is 5.41 Å². The van der Waals surface area contributed by atoms with E-state index in [1.165, 1.54) is 0 Å². The van der Waals surface area contributed by atoms with Crippen LogP contribution in [0.25, 0.3) is 10.1 Å². The van der Waals surface area contributed by atoms with E-state index in [9.17, 15) is 9.90 Å². The van der Waals surface area contributed by atoms with Gasteiger partial charge in [-0.05, 0) is 72.0 Å². The van der Waals surface area contributed by atoms with E-state index in [4.69, 9.17) is 33.3 Å². The number of piperidine rings is 1. The van der Waals surface area contributed by atoms with E-state index in [1.54, 1.807) is 29.5 Å². The summed E-state index contributed by atoms with van der Waals surface area (Å²) >= 11 is 13.7. The summed E-state index contributed by atoms with van der Waals surface area (Å²) in [7, 11) is 0. The minimum absolute atomic E-state index is 0.136. The Morgan fingerprint density at radius 1 is 1.05 bits per heavy atom. The van der Waals surface area contributed by atoms with Gasteiger partial charge >= 0.3 is 6.09 Å². The van der Waals surface area contributed by atoms with E-state index in [1.807, 2.05) is 42.5 Å². The molecule has 9 heteroatoms. The molecule has 1 unspecified atom stereocenters. The number of likely N-dealkylation sites (tertiary alicyclic amines) is 1. The van der Waals surface area contributed by atoms with Crippen LogP contribution in [0.2, 0.25) is 10.0 Å². The number of nitrogens with one attached hydrogen (secondary N) is 2. The van der Waals surface area contributed by atoms with E-state index >= 15 is 0 Å². The largest absolute Gasteiger partial charge is 0.443 e. The highest BCUT2D eigenvalue weighted by atomic mass is 35.5. The van der Waals surface area contributed by atoms with Crippen LogP contribution in [0.5, 0.6) is 0 Å². The van der Waals surface area contributed by atoms with Crippen molar-refractivity contribution in [1.82, 2.24) is 4.90 Å². The number of amides is 1. The molecule has 0 spiro atoms. The van der Waals surface area contributed by atoms with E-state index in [-0.39, 0.29) is 12.5 Å². The lowest BCUT2D eigenvalue weighted by Crippen LogP contribution is -2.43. The third kappa shape index (κ3) is 6.85. The standard InChI is InChI=1S/C31H31Cl2N3O3S/c32-22-16-23(33)18-24(17-22)35-30(37)39-19-28(34)25(27-20-40-29-9-5-4-8-26(27)29)10-13-36-14-11-31(38,12-15-36)21-6-2-1-3-7-21/h1-9,16-18,20,25,34,38H,10-15,19H2,(H,35,37). The Morgan fingerprint density at radius 2 is 1.73 bits per heavy atom. The minimum Gasteiger partial charge on any atom is -0.443 e. The molecule has 3 N–H and O–H groups in total. The number of rotatable bonds is 9. The number of thiophene rings is 1. The molecule has 1 aliphatic rings. The molecule has 1 amide bonds. The van der Waals surface area contributed by atoms with E-state index in [2.05, 4.69) is 27.7 Å². The highest BCUT2D eigenvalue weighted by Gasteiger charge is 2.34. The Morgan fingerprint density at radius 3 is 2.45 bits per heavy atom. The Balaban J connectivity index is 1.24. The Kier molecular flexibility index (Phi) is 9.08. The van der Waals surface area contributed by atoms with Gasteiger partial charge in [0.25, 0.3) is 0 Å². The molecule has 208 valence electrons. The molecule has 5 rings (SSSR count). The van der Waals surface area contributed by atoms with Crippen LogP contribution in [0.15, 0.2) is 78.2 Å². The molecule has 0 aliphatic carbocycles. The van der Waals surface area contributed by atoms with Gasteiger partial charge in [0.2, 0.25) is 0 Å². The van der Waals surface area contributed by atoms with Gasteiger partial charge in [0.05, 0.1) is 11.3 Å². The Hall–Kier alpha value is -2.94. The topological polar surface area (TPSA) is 85.7 Å². The summed E-state index contributed by atoms with van der Waals surface area (Å²) in [5, 5.41) is 26.8. The fraction of sp³-hybridized carbons (Fsp3) is 0.290. The zero-order valence-electron chi connectivity index (χ0n) is 21.9. The average molecular weight is 597 g/mol. The maximum atomic E-state index is 12.5. The fourth-order valence-corrected chi connectivity index (χ4v) is 6.85. The summed E-state index contributed by atoms with van der Waals surface area (Å²) in [6.45, 7) is 2.19. The van der Waals surface area contributed by atoms with Crippen LogP contribution in [0.3, 0.4) is 0 Å². The van der Waals surface area contributed by atoms with Gasteiger partial charge in [0.15, 0.2) is 0 Å². The zero-order chi connectivity index (χ0) is 28.1. The third-order valence-electron chi connectivity index (χ3n) is 7.50. The SMILES string of the molecule is N=C(COC(=O)Nc1cc(Cl)cc(Cl)c1)C(CCN1CCC(O)(c2ccccc2)CC1)c1csc2ccccc12. The first-order valence-corrected chi connectivity index (χ1v) is 14.9. The quantitative estimate of drug-likeness (QED) is 0.171. The van der Waals surface area contributed by atoms with Crippen molar-refractivity contribution in [3.05, 3.63) is 99.3 Å². The van der Waals surface area contributed by atoms with E-state index < -0.39 is 11.7 Å². The second kappa shape index (κ2) is 12.7. The Labute approximate surface area is 248 Å². The molecule has 3 aromatic carbocycles. The van der Waals surface area contributed by atoms with Gasteiger partial charge in [-0.1, -0.05) is 71.7 Å². The molecule has 0 saturated carbocycles. The van der Waals surface area contributed by atoms with Crippen molar-refractivity contribution in [3.8, 4) is 0 Å². The van der Waals surface area contributed by atoms with Crippen molar-refractivity contribution in [2.45, 2.75) is 30.8 Å². The van der Waals surface area contributed by atoms with Crippen molar-refractivity contribution in [3.63, 3.8) is 0 Å². The van der Waals surface area contributed by atoms with Gasteiger partial charge in [-0.3, -0.25) is 5.32 Å². The first-order valence-electron chi connectivity index (χ1n) is 13.2.